The highest BCUT2D eigenvalue weighted by molar-refractivity contribution is 4.44. The van der Waals surface area contributed by atoms with Crippen molar-refractivity contribution >= 4 is 0 Å². The number of unbranched alkanes of at least 4 members (excludes halogenated alkanes) is 2. The van der Waals surface area contributed by atoms with E-state index in [0.717, 1.165) is 12.8 Å². The molecule has 0 aromatic rings. The Hall–Kier alpha value is -0.160. The number of aliphatic hydroxyl groups excluding tert-OH is 4. The molecule has 0 aromatic heterocycles. The molecule has 4 heteroatoms. The molecule has 0 radical (unpaired) electrons. The van der Waals surface area contributed by atoms with Crippen LogP contribution in [0.25, 0.3) is 0 Å². The summed E-state index contributed by atoms with van der Waals surface area (Å²) in [6, 6.07) is 0. The van der Waals surface area contributed by atoms with Gasteiger partial charge in [0.25, 0.3) is 0 Å². The van der Waals surface area contributed by atoms with E-state index in [1.54, 1.807) is 0 Å². The molecule has 0 aliphatic carbocycles. The standard InChI is InChI=1S/C5H12O.C3H8O3/c1-2-3-4-5-6;4-1-3(6)2-5/h6H,2-5H2,1H3;3-6H,1-2H2. The summed E-state index contributed by atoms with van der Waals surface area (Å²) >= 11 is 0. The third-order valence-corrected chi connectivity index (χ3v) is 1.18. The van der Waals surface area contributed by atoms with Gasteiger partial charge < -0.3 is 20.4 Å². The second-order valence-electron chi connectivity index (χ2n) is 2.45. The molecule has 12 heavy (non-hydrogen) atoms. The first-order valence-corrected chi connectivity index (χ1v) is 4.23. The minimum atomic E-state index is -0.954. The molecule has 0 aliphatic heterocycles. The van der Waals surface area contributed by atoms with Gasteiger partial charge in [0, 0.05) is 6.61 Å². The molecular formula is C8H20O4. The first-order chi connectivity index (χ1) is 5.72. The first-order valence-electron chi connectivity index (χ1n) is 4.23. The van der Waals surface area contributed by atoms with Crippen molar-refractivity contribution in [1.82, 2.24) is 0 Å². The molecule has 0 bridgehead atoms. The van der Waals surface area contributed by atoms with E-state index in [9.17, 15) is 0 Å². The van der Waals surface area contributed by atoms with Crippen LogP contribution in [0.3, 0.4) is 0 Å². The van der Waals surface area contributed by atoms with Gasteiger partial charge in [0.05, 0.1) is 13.2 Å². The lowest BCUT2D eigenvalue weighted by Crippen LogP contribution is -2.15. The minimum Gasteiger partial charge on any atom is -0.396 e. The average molecular weight is 180 g/mol. The van der Waals surface area contributed by atoms with Crippen LogP contribution >= 0.6 is 0 Å². The fourth-order valence-corrected chi connectivity index (χ4v) is 0.420. The molecule has 0 heterocycles. The van der Waals surface area contributed by atoms with E-state index in [1.165, 1.54) is 6.42 Å². The number of aliphatic hydroxyl groups is 4. The Balaban J connectivity index is 0. The van der Waals surface area contributed by atoms with E-state index < -0.39 is 6.10 Å². The zero-order chi connectivity index (χ0) is 9.82. The molecule has 0 aromatic carbocycles. The SMILES string of the molecule is CCCCCO.OCC(O)CO. The lowest BCUT2D eigenvalue weighted by Gasteiger charge is -1.96. The Bertz CT molecular complexity index is 60.1. The van der Waals surface area contributed by atoms with Crippen LogP contribution in [0.1, 0.15) is 26.2 Å². The summed E-state index contributed by atoms with van der Waals surface area (Å²) in [5, 5.41) is 32.2. The van der Waals surface area contributed by atoms with Crippen LogP contribution in [0.4, 0.5) is 0 Å². The maximum atomic E-state index is 8.20. The molecule has 0 amide bonds. The van der Waals surface area contributed by atoms with Gasteiger partial charge in [-0.3, -0.25) is 0 Å². The minimum absolute atomic E-state index is 0.355. The number of hydrogen-bond acceptors (Lipinski definition) is 4. The summed E-state index contributed by atoms with van der Waals surface area (Å²) in [7, 11) is 0. The summed E-state index contributed by atoms with van der Waals surface area (Å²) in [5.41, 5.74) is 0. The molecule has 4 N–H and O–H groups in total. The molecule has 0 aliphatic rings. The largest absolute Gasteiger partial charge is 0.396 e. The highest BCUT2D eigenvalue weighted by Gasteiger charge is 1.93. The molecular weight excluding hydrogens is 160 g/mol. The second-order valence-corrected chi connectivity index (χ2v) is 2.45. The molecule has 0 unspecified atom stereocenters. The highest BCUT2D eigenvalue weighted by Crippen LogP contribution is 1.89. The smallest absolute Gasteiger partial charge is 0.100 e. The van der Waals surface area contributed by atoms with E-state index >= 15 is 0 Å². The predicted molar refractivity (Wildman–Crippen MR) is 46.8 cm³/mol. The van der Waals surface area contributed by atoms with Crippen LogP contribution in [0, 0.1) is 0 Å². The van der Waals surface area contributed by atoms with Crippen molar-refractivity contribution in [1.29, 1.82) is 0 Å². The summed E-state index contributed by atoms with van der Waals surface area (Å²) < 4.78 is 0. The van der Waals surface area contributed by atoms with Crippen molar-refractivity contribution in [2.45, 2.75) is 32.3 Å². The molecule has 0 saturated heterocycles. The van der Waals surface area contributed by atoms with Gasteiger partial charge in [0.2, 0.25) is 0 Å². The van der Waals surface area contributed by atoms with Crippen LogP contribution in [0.15, 0.2) is 0 Å². The topological polar surface area (TPSA) is 80.9 Å². The van der Waals surface area contributed by atoms with Crippen molar-refractivity contribution in [2.24, 2.45) is 0 Å². The van der Waals surface area contributed by atoms with Crippen LogP contribution in [0.5, 0.6) is 0 Å². The van der Waals surface area contributed by atoms with E-state index in [4.69, 9.17) is 20.4 Å². The fourth-order valence-electron chi connectivity index (χ4n) is 0.420. The molecule has 0 atom stereocenters. The monoisotopic (exact) mass is 180 g/mol. The van der Waals surface area contributed by atoms with Crippen molar-refractivity contribution in [2.75, 3.05) is 19.8 Å². The predicted octanol–water partition coefficient (Wildman–Crippen LogP) is -0.499. The van der Waals surface area contributed by atoms with E-state index in [0.29, 0.717) is 6.61 Å². The third-order valence-electron chi connectivity index (χ3n) is 1.18. The Morgan fingerprint density at radius 2 is 1.50 bits per heavy atom. The van der Waals surface area contributed by atoms with Gasteiger partial charge in [-0.25, -0.2) is 0 Å². The van der Waals surface area contributed by atoms with Crippen molar-refractivity contribution < 1.29 is 20.4 Å². The summed E-state index contributed by atoms with van der Waals surface area (Å²) in [6.07, 6.45) is 2.37. The van der Waals surface area contributed by atoms with Gasteiger partial charge in [-0.1, -0.05) is 19.8 Å². The summed E-state index contributed by atoms with van der Waals surface area (Å²) in [5.74, 6) is 0. The summed E-state index contributed by atoms with van der Waals surface area (Å²) in [6.45, 7) is 1.75. The normalized spacial score (nSPS) is 9.50. The number of rotatable bonds is 5. The Kier molecular flexibility index (Phi) is 16.1. The number of hydrogen-bond donors (Lipinski definition) is 4. The first kappa shape index (κ1) is 14.4. The summed E-state index contributed by atoms with van der Waals surface area (Å²) in [4.78, 5) is 0. The molecule has 4 nitrogen and oxygen atoms in total. The lowest BCUT2D eigenvalue weighted by atomic mass is 10.3. The highest BCUT2D eigenvalue weighted by atomic mass is 16.3. The Morgan fingerprint density at radius 3 is 1.58 bits per heavy atom. The van der Waals surface area contributed by atoms with Gasteiger partial charge in [-0.2, -0.15) is 0 Å². The third kappa shape index (κ3) is 16.4. The zero-order valence-electron chi connectivity index (χ0n) is 7.61. The maximum Gasteiger partial charge on any atom is 0.100 e. The van der Waals surface area contributed by atoms with Crippen molar-refractivity contribution in [3.63, 3.8) is 0 Å². The molecule has 76 valence electrons. The van der Waals surface area contributed by atoms with Crippen molar-refractivity contribution in [3.8, 4) is 0 Å². The van der Waals surface area contributed by atoms with Crippen LogP contribution in [0.2, 0.25) is 0 Å². The zero-order valence-corrected chi connectivity index (χ0v) is 7.61. The van der Waals surface area contributed by atoms with E-state index in [1.807, 2.05) is 0 Å². The van der Waals surface area contributed by atoms with Crippen LogP contribution < -0.4 is 0 Å². The van der Waals surface area contributed by atoms with Gasteiger partial charge in [0.1, 0.15) is 6.10 Å². The van der Waals surface area contributed by atoms with Gasteiger partial charge in [-0.15, -0.1) is 0 Å². The van der Waals surface area contributed by atoms with Crippen LogP contribution in [-0.2, 0) is 0 Å². The van der Waals surface area contributed by atoms with Crippen LogP contribution in [-0.4, -0.2) is 46.4 Å². The lowest BCUT2D eigenvalue weighted by molar-refractivity contribution is 0.0450. The molecule has 0 spiro atoms. The van der Waals surface area contributed by atoms with E-state index in [-0.39, 0.29) is 13.2 Å². The fraction of sp³-hybridized carbons (Fsp3) is 1.00. The molecule has 0 saturated carbocycles. The maximum absolute atomic E-state index is 8.20. The second kappa shape index (κ2) is 13.4. The van der Waals surface area contributed by atoms with Gasteiger partial charge >= 0.3 is 0 Å². The van der Waals surface area contributed by atoms with Crippen molar-refractivity contribution in [3.05, 3.63) is 0 Å². The Labute approximate surface area is 73.5 Å². The average Bonchev–Trinajstić information content (AvgIpc) is 2.14. The van der Waals surface area contributed by atoms with Gasteiger partial charge in [0.15, 0.2) is 0 Å². The van der Waals surface area contributed by atoms with E-state index in [2.05, 4.69) is 6.92 Å². The van der Waals surface area contributed by atoms with Gasteiger partial charge in [-0.05, 0) is 6.42 Å². The molecule has 0 fully saturated rings. The Morgan fingerprint density at radius 1 is 1.00 bits per heavy atom. The quantitative estimate of drug-likeness (QED) is 0.430. The molecule has 0 rings (SSSR count).